The van der Waals surface area contributed by atoms with Crippen molar-refractivity contribution in [1.29, 1.82) is 0 Å². The number of halogens is 5. The summed E-state index contributed by atoms with van der Waals surface area (Å²) in [6.07, 6.45) is -3.40. The second-order valence-electron chi connectivity index (χ2n) is 8.95. The number of aromatic nitrogens is 6. The van der Waals surface area contributed by atoms with Crippen molar-refractivity contribution < 1.29 is 36.6 Å². The van der Waals surface area contributed by atoms with Crippen molar-refractivity contribution in [2.45, 2.75) is 12.7 Å². The third-order valence-corrected chi connectivity index (χ3v) is 6.11. The van der Waals surface area contributed by atoms with Gasteiger partial charge in [-0.05, 0) is 36.4 Å². The van der Waals surface area contributed by atoms with Gasteiger partial charge in [-0.1, -0.05) is 0 Å². The van der Waals surface area contributed by atoms with E-state index in [1.807, 2.05) is 33.7 Å². The minimum absolute atomic E-state index is 0.0451. The maximum absolute atomic E-state index is 14.1. The first kappa shape index (κ1) is 28.5. The van der Waals surface area contributed by atoms with Crippen LogP contribution in [0.1, 0.15) is 5.82 Å². The first-order chi connectivity index (χ1) is 20.0. The molecule has 1 aliphatic heterocycles. The molecule has 0 amide bonds. The molecule has 0 saturated carbocycles. The van der Waals surface area contributed by atoms with Gasteiger partial charge >= 0.3 is 12.1 Å². The Bertz CT molecular complexity index is 1730. The summed E-state index contributed by atoms with van der Waals surface area (Å²) < 4.78 is 66.7. The zero-order chi connectivity index (χ0) is 30.0. The quantitative estimate of drug-likeness (QED) is 0.176. The van der Waals surface area contributed by atoms with Crippen LogP contribution in [0.3, 0.4) is 0 Å². The number of morpholine rings is 1. The molecule has 42 heavy (non-hydrogen) atoms. The van der Waals surface area contributed by atoms with E-state index in [0.717, 1.165) is 11.8 Å². The number of fused-ring (bicyclic) bond motifs is 2. The summed E-state index contributed by atoms with van der Waals surface area (Å²) in [5, 5.41) is 10.4. The van der Waals surface area contributed by atoms with E-state index < -0.39 is 23.8 Å². The molecule has 0 radical (unpaired) electrons. The van der Waals surface area contributed by atoms with Crippen molar-refractivity contribution in [3.05, 3.63) is 60.2 Å². The Morgan fingerprint density at radius 3 is 2.40 bits per heavy atom. The van der Waals surface area contributed by atoms with Crippen LogP contribution in [0.5, 0.6) is 0 Å². The van der Waals surface area contributed by atoms with Crippen LogP contribution in [0, 0.1) is 11.6 Å². The van der Waals surface area contributed by atoms with Gasteiger partial charge < -0.3 is 30.8 Å². The highest BCUT2D eigenvalue weighted by atomic mass is 19.4. The number of anilines is 3. The number of ether oxygens (including phenoxy) is 1. The Labute approximate surface area is 233 Å². The van der Waals surface area contributed by atoms with Gasteiger partial charge in [-0.2, -0.15) is 23.1 Å². The normalized spacial score (nSPS) is 13.7. The number of benzene rings is 2. The average molecular weight is 592 g/mol. The van der Waals surface area contributed by atoms with Gasteiger partial charge in [0, 0.05) is 24.5 Å². The second kappa shape index (κ2) is 11.4. The molecule has 1 fully saturated rings. The molecular weight excluding hydrogens is 569 g/mol. The Morgan fingerprint density at radius 2 is 1.74 bits per heavy atom. The minimum Gasteiger partial charge on any atom is -0.475 e. The van der Waals surface area contributed by atoms with Gasteiger partial charge in [0.2, 0.25) is 5.95 Å². The maximum atomic E-state index is 14.1. The number of carboxylic acid groups (broad SMARTS) is 1. The number of nitrogen functional groups attached to an aromatic ring is 1. The summed E-state index contributed by atoms with van der Waals surface area (Å²) in [7, 11) is 0. The summed E-state index contributed by atoms with van der Waals surface area (Å²) in [4.78, 5) is 32.2. The summed E-state index contributed by atoms with van der Waals surface area (Å²) in [6.45, 7) is 2.69. The Kier molecular flexibility index (Phi) is 7.75. The van der Waals surface area contributed by atoms with Gasteiger partial charge in [0.25, 0.3) is 0 Å². The third-order valence-electron chi connectivity index (χ3n) is 6.11. The molecule has 0 unspecified atom stereocenters. The number of hydrogen-bond donors (Lipinski definition) is 4. The Morgan fingerprint density at radius 1 is 1.05 bits per heavy atom. The molecule has 2 aromatic carbocycles. The Balaban J connectivity index is 0.000000451. The van der Waals surface area contributed by atoms with E-state index in [2.05, 4.69) is 20.3 Å². The molecule has 17 heteroatoms. The van der Waals surface area contributed by atoms with Gasteiger partial charge in [0.05, 0.1) is 25.3 Å². The highest BCUT2D eigenvalue weighted by Crippen LogP contribution is 2.26. The lowest BCUT2D eigenvalue weighted by molar-refractivity contribution is -0.192. The molecule has 1 aliphatic rings. The van der Waals surface area contributed by atoms with Crippen LogP contribution in [0.25, 0.3) is 27.9 Å². The van der Waals surface area contributed by atoms with Crippen molar-refractivity contribution in [2.75, 3.05) is 42.3 Å². The van der Waals surface area contributed by atoms with Crippen LogP contribution in [-0.4, -0.2) is 73.0 Å². The number of nitrogens with two attached hydrogens (primary N) is 1. The lowest BCUT2D eigenvalue weighted by Gasteiger charge is -2.27. The average Bonchev–Trinajstić information content (AvgIpc) is 3.59. The second-order valence-corrected chi connectivity index (χ2v) is 8.95. The van der Waals surface area contributed by atoms with Gasteiger partial charge in [0.15, 0.2) is 28.6 Å². The summed E-state index contributed by atoms with van der Waals surface area (Å²) >= 11 is 0. The van der Waals surface area contributed by atoms with E-state index in [9.17, 15) is 22.0 Å². The zero-order valence-corrected chi connectivity index (χ0v) is 21.5. The fourth-order valence-electron chi connectivity index (χ4n) is 4.06. The fourth-order valence-corrected chi connectivity index (χ4v) is 4.06. The maximum Gasteiger partial charge on any atom is 0.490 e. The molecule has 6 rings (SSSR count). The van der Waals surface area contributed by atoms with Crippen LogP contribution < -0.4 is 16.0 Å². The van der Waals surface area contributed by atoms with E-state index in [1.54, 1.807) is 6.33 Å². The number of carbonyl (C=O) groups is 1. The molecule has 1 saturated heterocycles. The van der Waals surface area contributed by atoms with E-state index >= 15 is 0 Å². The van der Waals surface area contributed by atoms with Gasteiger partial charge in [-0.15, -0.1) is 0 Å². The Hall–Kier alpha value is -5.06. The number of nitrogens with zero attached hydrogens (tertiary/aromatic N) is 6. The van der Waals surface area contributed by atoms with Crippen molar-refractivity contribution in [2.24, 2.45) is 0 Å². The number of imidazole rings is 2. The largest absolute Gasteiger partial charge is 0.490 e. The molecule has 5 N–H and O–H groups in total. The molecule has 3 aromatic heterocycles. The first-order valence-electron chi connectivity index (χ1n) is 12.3. The standard InChI is InChI=1S/C23H21F2N9O.C2HF3O2/c24-15-5-6-16-19(18(15)25)30-17(29-16)11-27-21-20-22(32-23(31-21)33-7-9-35-10-8-33)34(12-28-20)14-3-1-13(26)2-4-14;3-2(4,5)1(6)7/h1-6,12H,7-11,26H2,(H,29,30)(H,27,31,32);(H,6,7). The highest BCUT2D eigenvalue weighted by Gasteiger charge is 2.38. The van der Waals surface area contributed by atoms with Crippen molar-refractivity contribution in [1.82, 2.24) is 29.5 Å². The van der Waals surface area contributed by atoms with E-state index in [0.29, 0.717) is 66.3 Å². The lowest BCUT2D eigenvalue weighted by atomic mass is 10.3. The van der Waals surface area contributed by atoms with Crippen LogP contribution in [0.4, 0.5) is 39.4 Å². The lowest BCUT2D eigenvalue weighted by Crippen LogP contribution is -2.37. The van der Waals surface area contributed by atoms with E-state index in [-0.39, 0.29) is 12.1 Å². The summed E-state index contributed by atoms with van der Waals surface area (Å²) in [5.74, 6) is -3.21. The van der Waals surface area contributed by atoms with Gasteiger partial charge in [-0.3, -0.25) is 4.57 Å². The highest BCUT2D eigenvalue weighted by molar-refractivity contribution is 5.85. The number of carboxylic acids is 1. The van der Waals surface area contributed by atoms with Crippen molar-refractivity contribution >= 4 is 45.6 Å². The molecule has 0 bridgehead atoms. The molecule has 0 spiro atoms. The fraction of sp³-hybridized carbons (Fsp3) is 0.240. The SMILES string of the molecule is Nc1ccc(-n2cnc3c(NCc4nc5c(F)c(F)ccc5[nH]4)nc(N4CCOCC4)nc32)cc1.O=C(O)C(F)(F)F. The number of nitrogens with one attached hydrogen (secondary N) is 2. The first-order valence-corrected chi connectivity index (χ1v) is 12.3. The van der Waals surface area contributed by atoms with Gasteiger partial charge in [0.1, 0.15) is 17.7 Å². The number of H-pyrrole nitrogens is 1. The number of aromatic amines is 1. The number of hydrogen-bond acceptors (Lipinski definition) is 9. The predicted molar refractivity (Wildman–Crippen MR) is 141 cm³/mol. The summed E-state index contributed by atoms with van der Waals surface area (Å²) in [5.41, 5.74) is 8.91. The zero-order valence-electron chi connectivity index (χ0n) is 21.5. The number of alkyl halides is 3. The van der Waals surface area contributed by atoms with Gasteiger partial charge in [-0.25, -0.2) is 23.5 Å². The molecule has 4 heterocycles. The van der Waals surface area contributed by atoms with Crippen molar-refractivity contribution in [3.8, 4) is 5.69 Å². The molecule has 5 aromatic rings. The van der Waals surface area contributed by atoms with Crippen molar-refractivity contribution in [3.63, 3.8) is 0 Å². The van der Waals surface area contributed by atoms with Crippen LogP contribution >= 0.6 is 0 Å². The minimum atomic E-state index is -5.08. The van der Waals surface area contributed by atoms with Crippen LogP contribution in [-0.2, 0) is 16.1 Å². The molecule has 220 valence electrons. The number of rotatable bonds is 5. The summed E-state index contributed by atoms with van der Waals surface area (Å²) in [6, 6.07) is 9.93. The monoisotopic (exact) mass is 591 g/mol. The van der Waals surface area contributed by atoms with E-state index in [4.69, 9.17) is 30.3 Å². The third kappa shape index (κ3) is 5.99. The molecular formula is C25H22F5N9O3. The van der Waals surface area contributed by atoms with Crippen LogP contribution in [0.15, 0.2) is 42.7 Å². The smallest absolute Gasteiger partial charge is 0.475 e. The molecule has 0 aliphatic carbocycles. The molecule has 12 nitrogen and oxygen atoms in total. The topological polar surface area (TPSA) is 160 Å². The van der Waals surface area contributed by atoms with Crippen LogP contribution in [0.2, 0.25) is 0 Å². The molecule has 0 atom stereocenters. The predicted octanol–water partition coefficient (Wildman–Crippen LogP) is 3.63. The number of aliphatic carboxylic acids is 1. The van der Waals surface area contributed by atoms with E-state index in [1.165, 1.54) is 6.07 Å².